The second-order valence-corrected chi connectivity index (χ2v) is 8.72. The van der Waals surface area contributed by atoms with Gasteiger partial charge in [0.15, 0.2) is 6.29 Å². The third-order valence-corrected chi connectivity index (χ3v) is 6.42. The standard InChI is InChI=1S/C25H29N7O/c1-3-4-13-32-23-21(29-25(32)31-12-7-8-18(26)15-31)11-14-30(24(23)33)16-22-27-17(2)19-9-5-6-10-20(19)28-22/h5-6,9-11,14,18,25,29H,7-8,12-13,15-16,26H2,1-2H3. The summed E-state index contributed by atoms with van der Waals surface area (Å²) < 4.78 is 1.68. The molecule has 2 aromatic heterocycles. The summed E-state index contributed by atoms with van der Waals surface area (Å²) in [6, 6.07) is 10.0. The number of nitrogens with two attached hydrogens (primary N) is 1. The van der Waals surface area contributed by atoms with E-state index in [2.05, 4.69) is 36.9 Å². The normalized spacial score (nSPS) is 20.3. The molecule has 0 aliphatic carbocycles. The molecule has 3 aromatic rings. The van der Waals surface area contributed by atoms with Crippen LogP contribution in [-0.2, 0) is 6.54 Å². The number of fused-ring (bicyclic) bond motifs is 2. The van der Waals surface area contributed by atoms with Crippen LogP contribution in [-0.4, -0.2) is 51.4 Å². The van der Waals surface area contributed by atoms with Gasteiger partial charge >= 0.3 is 0 Å². The van der Waals surface area contributed by atoms with Gasteiger partial charge in [-0.25, -0.2) is 9.97 Å². The molecular formula is C25H29N7O. The number of piperidine rings is 1. The molecule has 2 aliphatic heterocycles. The molecule has 2 aliphatic rings. The minimum Gasteiger partial charge on any atom is -0.351 e. The summed E-state index contributed by atoms with van der Waals surface area (Å²) in [6.07, 6.45) is 3.76. The van der Waals surface area contributed by atoms with Gasteiger partial charge in [0.05, 0.1) is 24.3 Å². The SMILES string of the molecule is CC#CCN1c2c(ccn(Cc3nc(C)c4ccccc4n3)c2=O)NC1N1CCCC(N)C1. The summed E-state index contributed by atoms with van der Waals surface area (Å²) in [5.41, 5.74) is 9.43. The first-order chi connectivity index (χ1) is 16.0. The zero-order chi connectivity index (χ0) is 22.9. The first kappa shape index (κ1) is 21.4. The number of aryl methyl sites for hydroxylation is 1. The van der Waals surface area contributed by atoms with Crippen LogP contribution >= 0.6 is 0 Å². The first-order valence-electron chi connectivity index (χ1n) is 11.4. The number of hydrogen-bond acceptors (Lipinski definition) is 7. The van der Waals surface area contributed by atoms with Gasteiger partial charge in [-0.1, -0.05) is 24.1 Å². The van der Waals surface area contributed by atoms with Crippen LogP contribution in [0.15, 0.2) is 41.3 Å². The van der Waals surface area contributed by atoms with E-state index in [0.29, 0.717) is 24.6 Å². The predicted molar refractivity (Wildman–Crippen MR) is 131 cm³/mol. The van der Waals surface area contributed by atoms with Crippen LogP contribution in [0.5, 0.6) is 0 Å². The number of likely N-dealkylation sites (tertiary alicyclic amines) is 1. The monoisotopic (exact) mass is 443 g/mol. The number of nitrogens with zero attached hydrogens (tertiary/aromatic N) is 5. The van der Waals surface area contributed by atoms with Gasteiger partial charge in [0.25, 0.3) is 5.56 Å². The fourth-order valence-electron chi connectivity index (χ4n) is 4.82. The van der Waals surface area contributed by atoms with Gasteiger partial charge in [-0.2, -0.15) is 0 Å². The van der Waals surface area contributed by atoms with Gasteiger partial charge in [0.1, 0.15) is 11.5 Å². The maximum Gasteiger partial charge on any atom is 0.276 e. The van der Waals surface area contributed by atoms with E-state index in [-0.39, 0.29) is 17.9 Å². The molecule has 8 heteroatoms. The highest BCUT2D eigenvalue weighted by atomic mass is 16.1. The molecule has 0 radical (unpaired) electrons. The highest BCUT2D eigenvalue weighted by Crippen LogP contribution is 2.33. The van der Waals surface area contributed by atoms with Gasteiger partial charge < -0.3 is 20.5 Å². The van der Waals surface area contributed by atoms with Crippen LogP contribution in [0.2, 0.25) is 0 Å². The second-order valence-electron chi connectivity index (χ2n) is 8.72. The summed E-state index contributed by atoms with van der Waals surface area (Å²) in [5.74, 6) is 6.73. The van der Waals surface area contributed by atoms with Crippen molar-refractivity contribution in [3.63, 3.8) is 0 Å². The number of pyridine rings is 1. The number of benzene rings is 1. The molecule has 2 unspecified atom stereocenters. The highest BCUT2D eigenvalue weighted by molar-refractivity contribution is 5.80. The average Bonchev–Trinajstić information content (AvgIpc) is 3.19. The smallest absolute Gasteiger partial charge is 0.276 e. The average molecular weight is 444 g/mol. The van der Waals surface area contributed by atoms with Crippen LogP contribution in [0.25, 0.3) is 10.9 Å². The molecule has 0 bridgehead atoms. The Bertz CT molecular complexity index is 1310. The minimum atomic E-state index is -0.130. The summed E-state index contributed by atoms with van der Waals surface area (Å²) in [6.45, 7) is 6.30. The molecular weight excluding hydrogens is 414 g/mol. The third-order valence-electron chi connectivity index (χ3n) is 6.42. The lowest BCUT2D eigenvalue weighted by Crippen LogP contribution is -2.56. The third kappa shape index (κ3) is 4.06. The van der Waals surface area contributed by atoms with Crippen LogP contribution in [0.4, 0.5) is 11.4 Å². The van der Waals surface area contributed by atoms with Crippen molar-refractivity contribution in [2.75, 3.05) is 29.9 Å². The van der Waals surface area contributed by atoms with Crippen molar-refractivity contribution in [1.82, 2.24) is 19.4 Å². The summed E-state index contributed by atoms with van der Waals surface area (Å²) in [4.78, 5) is 27.3. The molecule has 170 valence electrons. The molecule has 1 aromatic carbocycles. The second kappa shape index (κ2) is 8.85. The lowest BCUT2D eigenvalue weighted by molar-refractivity contribution is 0.165. The Balaban J connectivity index is 1.49. The van der Waals surface area contributed by atoms with E-state index in [9.17, 15) is 4.79 Å². The van der Waals surface area contributed by atoms with Crippen LogP contribution in [0.3, 0.4) is 0 Å². The van der Waals surface area contributed by atoms with Gasteiger partial charge in [-0.3, -0.25) is 9.69 Å². The zero-order valence-corrected chi connectivity index (χ0v) is 19.1. The Morgan fingerprint density at radius 2 is 2.09 bits per heavy atom. The van der Waals surface area contributed by atoms with Gasteiger partial charge in [0, 0.05) is 36.4 Å². The topological polar surface area (TPSA) is 92.3 Å². The number of nitrogens with one attached hydrogen (secondary N) is 1. The van der Waals surface area contributed by atoms with Gasteiger partial charge in [-0.15, -0.1) is 5.92 Å². The Labute approximate surface area is 193 Å². The van der Waals surface area contributed by atoms with E-state index < -0.39 is 0 Å². The Hall–Kier alpha value is -3.41. The lowest BCUT2D eigenvalue weighted by atomic mass is 10.1. The number of para-hydroxylation sites is 1. The maximum atomic E-state index is 13.6. The van der Waals surface area contributed by atoms with Crippen LogP contribution in [0.1, 0.15) is 31.3 Å². The van der Waals surface area contributed by atoms with E-state index in [1.165, 1.54) is 0 Å². The maximum absolute atomic E-state index is 13.6. The van der Waals surface area contributed by atoms with Crippen molar-refractivity contribution in [1.29, 1.82) is 0 Å². The first-order valence-corrected chi connectivity index (χ1v) is 11.4. The summed E-state index contributed by atoms with van der Waals surface area (Å²) in [7, 11) is 0. The largest absolute Gasteiger partial charge is 0.351 e. The Morgan fingerprint density at radius 1 is 1.24 bits per heavy atom. The number of rotatable bonds is 4. The lowest BCUT2D eigenvalue weighted by Gasteiger charge is -2.39. The van der Waals surface area contributed by atoms with E-state index in [1.807, 2.05) is 50.4 Å². The number of aromatic nitrogens is 3. The molecule has 0 amide bonds. The van der Waals surface area contributed by atoms with E-state index in [0.717, 1.165) is 48.2 Å². The molecule has 5 rings (SSSR count). The summed E-state index contributed by atoms with van der Waals surface area (Å²) >= 11 is 0. The highest BCUT2D eigenvalue weighted by Gasteiger charge is 2.36. The summed E-state index contributed by atoms with van der Waals surface area (Å²) in [5, 5.41) is 4.56. The molecule has 8 nitrogen and oxygen atoms in total. The number of anilines is 2. The van der Waals surface area contributed by atoms with Crippen molar-refractivity contribution in [2.45, 2.75) is 45.6 Å². The predicted octanol–water partition coefficient (Wildman–Crippen LogP) is 2.11. The molecule has 33 heavy (non-hydrogen) atoms. The van der Waals surface area contributed by atoms with E-state index in [4.69, 9.17) is 5.73 Å². The van der Waals surface area contributed by atoms with Gasteiger partial charge in [-0.05, 0) is 38.8 Å². The van der Waals surface area contributed by atoms with Crippen molar-refractivity contribution in [3.8, 4) is 11.8 Å². The van der Waals surface area contributed by atoms with Gasteiger partial charge in [0.2, 0.25) is 0 Å². The number of hydrogen-bond donors (Lipinski definition) is 2. The van der Waals surface area contributed by atoms with E-state index in [1.54, 1.807) is 4.57 Å². The Morgan fingerprint density at radius 3 is 2.91 bits per heavy atom. The van der Waals surface area contributed by atoms with Crippen molar-refractivity contribution in [2.24, 2.45) is 5.73 Å². The minimum absolute atomic E-state index is 0.0730. The fraction of sp³-hybridized carbons (Fsp3) is 0.400. The van der Waals surface area contributed by atoms with Crippen molar-refractivity contribution in [3.05, 3.63) is 58.4 Å². The molecule has 2 atom stereocenters. The van der Waals surface area contributed by atoms with Crippen molar-refractivity contribution < 1.29 is 0 Å². The van der Waals surface area contributed by atoms with Crippen LogP contribution < -0.4 is 21.5 Å². The molecule has 1 fully saturated rings. The molecule has 3 N–H and O–H groups in total. The fourth-order valence-corrected chi connectivity index (χ4v) is 4.82. The quantitative estimate of drug-likeness (QED) is 0.597. The van der Waals surface area contributed by atoms with Crippen LogP contribution in [0, 0.1) is 18.8 Å². The Kier molecular flexibility index (Phi) is 5.75. The molecule has 4 heterocycles. The zero-order valence-electron chi connectivity index (χ0n) is 19.1. The molecule has 0 spiro atoms. The van der Waals surface area contributed by atoms with Crippen molar-refractivity contribution >= 4 is 22.3 Å². The molecule has 1 saturated heterocycles. The van der Waals surface area contributed by atoms with E-state index >= 15 is 0 Å². The molecule has 0 saturated carbocycles.